The molecule has 3 heterocycles. The molecule has 0 unspecified atom stereocenters. The monoisotopic (exact) mass is 522 g/mol. The lowest BCUT2D eigenvalue weighted by molar-refractivity contribution is 0.152. The fraction of sp³-hybridized carbons (Fsp3) is 0.346. The summed E-state index contributed by atoms with van der Waals surface area (Å²) in [7, 11) is -3.68. The number of hydrogen-bond donors (Lipinski definition) is 2. The van der Waals surface area contributed by atoms with Gasteiger partial charge < -0.3 is 20.3 Å². The quantitative estimate of drug-likeness (QED) is 0.511. The number of urea groups is 1. The molecule has 1 aromatic heterocycles. The number of carbonyl (C=O) groups is 1. The Morgan fingerprint density at radius 2 is 1.78 bits per heavy atom. The van der Waals surface area contributed by atoms with Crippen molar-refractivity contribution < 1.29 is 17.9 Å². The first-order valence-electron chi connectivity index (χ1n) is 12.4. The number of sulfonamides is 1. The van der Waals surface area contributed by atoms with E-state index in [0.717, 1.165) is 29.9 Å². The zero-order chi connectivity index (χ0) is 25.8. The highest BCUT2D eigenvalue weighted by atomic mass is 32.2. The molecule has 0 radical (unpaired) electrons. The van der Waals surface area contributed by atoms with E-state index in [-0.39, 0.29) is 24.0 Å². The van der Waals surface area contributed by atoms with Crippen LogP contribution in [0.15, 0.2) is 59.5 Å². The maximum atomic E-state index is 13.4. The highest BCUT2D eigenvalue weighted by Crippen LogP contribution is 2.35. The third-order valence-electron chi connectivity index (χ3n) is 6.37. The molecular formula is C26H30N6O4S. The molecule has 2 aliphatic rings. The fourth-order valence-electron chi connectivity index (χ4n) is 4.51. The summed E-state index contributed by atoms with van der Waals surface area (Å²) in [6.07, 6.45) is 0.861. The number of rotatable bonds is 6. The number of benzene rings is 2. The van der Waals surface area contributed by atoms with E-state index >= 15 is 0 Å². The van der Waals surface area contributed by atoms with Crippen molar-refractivity contribution in [1.82, 2.24) is 19.6 Å². The molecule has 37 heavy (non-hydrogen) atoms. The minimum absolute atomic E-state index is 0.177. The smallest absolute Gasteiger partial charge is 0.319 e. The minimum Gasteiger partial charge on any atom is -0.380 e. The van der Waals surface area contributed by atoms with Crippen molar-refractivity contribution in [1.29, 1.82) is 0 Å². The minimum atomic E-state index is -3.68. The summed E-state index contributed by atoms with van der Waals surface area (Å²) in [6, 6.07) is 15.5. The van der Waals surface area contributed by atoms with Gasteiger partial charge in [-0.1, -0.05) is 18.2 Å². The third kappa shape index (κ3) is 5.43. The van der Waals surface area contributed by atoms with Crippen LogP contribution in [0.1, 0.15) is 24.6 Å². The van der Waals surface area contributed by atoms with Crippen LogP contribution in [0, 0.1) is 0 Å². The van der Waals surface area contributed by atoms with Gasteiger partial charge in [-0.3, -0.25) is 0 Å². The van der Waals surface area contributed by atoms with Gasteiger partial charge in [0, 0.05) is 49.6 Å². The Labute approximate surface area is 216 Å². The molecule has 1 saturated heterocycles. The first-order valence-corrected chi connectivity index (χ1v) is 13.8. The van der Waals surface area contributed by atoms with Gasteiger partial charge in [-0.25, -0.2) is 23.2 Å². The van der Waals surface area contributed by atoms with Gasteiger partial charge in [-0.15, -0.1) is 0 Å². The van der Waals surface area contributed by atoms with Gasteiger partial charge in [-0.05, 0) is 49.7 Å². The molecular weight excluding hydrogens is 492 g/mol. The standard InChI is InChI=1S/C26H30N6O4S/c1-2-27-26(33)28-20-11-9-19(10-12-20)24-29-23-18-32(37(34,35)21-7-4-3-5-8-21)17-22(23)25(30-24)31-13-6-15-36-16-14-31/h3-5,7-12H,2,6,13-18H2,1H3,(H2,27,28,33). The molecule has 0 aliphatic carbocycles. The van der Waals surface area contributed by atoms with E-state index in [0.29, 0.717) is 43.5 Å². The average Bonchev–Trinajstić information content (AvgIpc) is 3.17. The largest absolute Gasteiger partial charge is 0.380 e. The van der Waals surface area contributed by atoms with Crippen molar-refractivity contribution in [3.63, 3.8) is 0 Å². The summed E-state index contributed by atoms with van der Waals surface area (Å²) >= 11 is 0. The van der Waals surface area contributed by atoms with Crippen LogP contribution in [0.4, 0.5) is 16.3 Å². The number of nitrogens with zero attached hydrogens (tertiary/aromatic N) is 4. The normalized spacial score (nSPS) is 16.2. The highest BCUT2D eigenvalue weighted by molar-refractivity contribution is 7.89. The number of hydrogen-bond acceptors (Lipinski definition) is 7. The molecule has 0 saturated carbocycles. The van der Waals surface area contributed by atoms with Crippen molar-refractivity contribution >= 4 is 27.6 Å². The van der Waals surface area contributed by atoms with Gasteiger partial charge in [0.1, 0.15) is 5.82 Å². The lowest BCUT2D eigenvalue weighted by atomic mass is 10.1. The second-order valence-corrected chi connectivity index (χ2v) is 10.8. The molecule has 0 bridgehead atoms. The first kappa shape index (κ1) is 25.1. The van der Waals surface area contributed by atoms with Crippen LogP contribution in [0.2, 0.25) is 0 Å². The van der Waals surface area contributed by atoms with Crippen molar-refractivity contribution in [2.75, 3.05) is 43.1 Å². The average molecular weight is 523 g/mol. The Bertz CT molecular complexity index is 1360. The van der Waals surface area contributed by atoms with Gasteiger partial charge >= 0.3 is 6.03 Å². The topological polar surface area (TPSA) is 117 Å². The van der Waals surface area contributed by atoms with Crippen LogP contribution in [0.25, 0.3) is 11.4 Å². The predicted octanol–water partition coefficient (Wildman–Crippen LogP) is 3.22. The maximum absolute atomic E-state index is 13.4. The van der Waals surface area contributed by atoms with E-state index < -0.39 is 10.0 Å². The number of ether oxygens (including phenoxy) is 1. The molecule has 11 heteroatoms. The Balaban J connectivity index is 1.49. The second-order valence-electron chi connectivity index (χ2n) is 8.90. The van der Waals surface area contributed by atoms with E-state index in [1.807, 2.05) is 19.1 Å². The summed E-state index contributed by atoms with van der Waals surface area (Å²) in [5.74, 6) is 1.27. The number of amides is 2. The Morgan fingerprint density at radius 1 is 1.00 bits per heavy atom. The third-order valence-corrected chi connectivity index (χ3v) is 8.18. The first-order chi connectivity index (χ1) is 18.0. The molecule has 2 aromatic carbocycles. The summed E-state index contributed by atoms with van der Waals surface area (Å²) in [4.78, 5) is 24.0. The Hall–Kier alpha value is -3.54. The van der Waals surface area contributed by atoms with E-state index in [1.165, 1.54) is 4.31 Å². The van der Waals surface area contributed by atoms with E-state index in [4.69, 9.17) is 14.7 Å². The van der Waals surface area contributed by atoms with Crippen molar-refractivity contribution in [2.24, 2.45) is 0 Å². The zero-order valence-corrected chi connectivity index (χ0v) is 21.5. The van der Waals surface area contributed by atoms with Crippen molar-refractivity contribution in [2.45, 2.75) is 31.3 Å². The molecule has 2 N–H and O–H groups in total. The highest BCUT2D eigenvalue weighted by Gasteiger charge is 2.35. The summed E-state index contributed by atoms with van der Waals surface area (Å²) < 4.78 is 33.9. The lowest BCUT2D eigenvalue weighted by Crippen LogP contribution is -2.29. The van der Waals surface area contributed by atoms with E-state index in [2.05, 4.69) is 15.5 Å². The number of nitrogens with one attached hydrogen (secondary N) is 2. The molecule has 5 rings (SSSR count). The SMILES string of the molecule is CCNC(=O)Nc1ccc(-c2nc3c(c(N4CCCOCC4)n2)CN(S(=O)(=O)c2ccccc2)C3)cc1. The van der Waals surface area contributed by atoms with E-state index in [1.54, 1.807) is 42.5 Å². The van der Waals surface area contributed by atoms with Crippen molar-refractivity contribution in [3.8, 4) is 11.4 Å². The second kappa shape index (κ2) is 10.8. The lowest BCUT2D eigenvalue weighted by Gasteiger charge is -2.24. The predicted molar refractivity (Wildman–Crippen MR) is 141 cm³/mol. The fourth-order valence-corrected chi connectivity index (χ4v) is 5.90. The number of carbonyl (C=O) groups excluding carboxylic acids is 1. The van der Waals surface area contributed by atoms with Crippen molar-refractivity contribution in [3.05, 3.63) is 65.9 Å². The number of aromatic nitrogens is 2. The van der Waals surface area contributed by atoms with Gasteiger partial charge in [0.15, 0.2) is 5.82 Å². The zero-order valence-electron chi connectivity index (χ0n) is 20.7. The summed E-state index contributed by atoms with van der Waals surface area (Å²) in [6.45, 7) is 5.49. The van der Waals surface area contributed by atoms with Gasteiger partial charge in [0.25, 0.3) is 0 Å². The number of anilines is 2. The molecule has 2 aliphatic heterocycles. The molecule has 10 nitrogen and oxygen atoms in total. The molecule has 0 spiro atoms. The molecule has 3 aromatic rings. The van der Waals surface area contributed by atoms with Crippen LogP contribution in [0.5, 0.6) is 0 Å². The molecule has 1 fully saturated rings. The Morgan fingerprint density at radius 3 is 2.54 bits per heavy atom. The van der Waals surface area contributed by atoms with E-state index in [9.17, 15) is 13.2 Å². The van der Waals surface area contributed by atoms with Crippen LogP contribution in [-0.4, -0.2) is 61.6 Å². The van der Waals surface area contributed by atoms with Crippen LogP contribution in [-0.2, 0) is 27.8 Å². The van der Waals surface area contributed by atoms with Crippen LogP contribution in [0.3, 0.4) is 0 Å². The van der Waals surface area contributed by atoms with Crippen LogP contribution < -0.4 is 15.5 Å². The van der Waals surface area contributed by atoms with Crippen LogP contribution >= 0.6 is 0 Å². The van der Waals surface area contributed by atoms with Gasteiger partial charge in [0.05, 0.1) is 23.7 Å². The Kier molecular flexibility index (Phi) is 7.36. The molecule has 2 amide bonds. The van der Waals surface area contributed by atoms with Gasteiger partial charge in [0.2, 0.25) is 10.0 Å². The van der Waals surface area contributed by atoms with Gasteiger partial charge in [-0.2, -0.15) is 4.31 Å². The maximum Gasteiger partial charge on any atom is 0.319 e. The summed E-state index contributed by atoms with van der Waals surface area (Å²) in [5.41, 5.74) is 2.97. The molecule has 194 valence electrons. The molecule has 0 atom stereocenters. The number of fused-ring (bicyclic) bond motifs is 1. The summed E-state index contributed by atoms with van der Waals surface area (Å²) in [5, 5.41) is 5.49.